The van der Waals surface area contributed by atoms with Gasteiger partial charge in [-0.1, -0.05) is 53.5 Å². The number of aromatic nitrogens is 2. The zero-order chi connectivity index (χ0) is 28.9. The van der Waals surface area contributed by atoms with E-state index in [9.17, 15) is 17.6 Å². The Hall–Kier alpha value is -2.33. The second kappa shape index (κ2) is 16.1. The van der Waals surface area contributed by atoms with E-state index in [0.717, 1.165) is 19.0 Å². The molecule has 0 spiro atoms. The fourth-order valence-electron chi connectivity index (χ4n) is 2.73. The lowest BCUT2D eigenvalue weighted by molar-refractivity contribution is 0.0333. The Morgan fingerprint density at radius 1 is 1.05 bits per heavy atom. The third-order valence-electron chi connectivity index (χ3n) is 4.47. The molecule has 11 nitrogen and oxygen atoms in total. The number of imidazole rings is 1. The minimum Gasteiger partial charge on any atom is -0.447 e. The average molecular weight is 627 g/mol. The molecule has 3 rings (SSSR count). The van der Waals surface area contributed by atoms with Gasteiger partial charge in [0.05, 0.1) is 36.5 Å². The number of anilines is 2. The molecule has 0 bridgehead atoms. The van der Waals surface area contributed by atoms with Crippen LogP contribution in [0.25, 0.3) is 11.0 Å². The van der Waals surface area contributed by atoms with Crippen molar-refractivity contribution in [3.05, 3.63) is 54.6 Å². The Morgan fingerprint density at radius 3 is 2.28 bits per heavy atom. The molecule has 216 valence electrons. The third-order valence-corrected chi connectivity index (χ3v) is 7.81. The topological polar surface area (TPSA) is 126 Å². The van der Waals surface area contributed by atoms with Crippen LogP contribution in [0.2, 0.25) is 0 Å². The van der Waals surface area contributed by atoms with Crippen molar-refractivity contribution in [1.82, 2.24) is 14.3 Å². The molecule has 0 radical (unpaired) electrons. The molecule has 0 aliphatic rings. The quantitative estimate of drug-likeness (QED) is 0.151. The van der Waals surface area contributed by atoms with Crippen molar-refractivity contribution in [3.63, 3.8) is 0 Å². The first-order valence-corrected chi connectivity index (χ1v) is 14.4. The number of halogens is 3. The minimum atomic E-state index is -3.90. The molecular weight excluding hydrogens is 596 g/mol. The van der Waals surface area contributed by atoms with Crippen LogP contribution < -0.4 is 9.03 Å². The molecule has 16 heteroatoms. The maximum Gasteiger partial charge on any atom is 0.414 e. The summed E-state index contributed by atoms with van der Waals surface area (Å²) in [4.78, 5) is 18.7. The van der Waals surface area contributed by atoms with Gasteiger partial charge in [-0.3, -0.25) is 5.32 Å². The molecule has 0 aliphatic heterocycles. The molecule has 0 unspecified atom stereocenters. The van der Waals surface area contributed by atoms with Crippen LogP contribution in [0.15, 0.2) is 54.6 Å². The highest BCUT2D eigenvalue weighted by Crippen LogP contribution is 2.42. The normalized spacial score (nSPS) is 11.7. The predicted molar refractivity (Wildman–Crippen MR) is 153 cm³/mol. The van der Waals surface area contributed by atoms with Crippen LogP contribution in [0.1, 0.15) is 6.92 Å². The molecular formula is C23H30Cl2FN5O6S2. The number of hydrogen-bond acceptors (Lipinski definition) is 8. The van der Waals surface area contributed by atoms with Crippen molar-refractivity contribution in [1.29, 1.82) is 0 Å². The van der Waals surface area contributed by atoms with Gasteiger partial charge in [-0.05, 0) is 31.2 Å². The van der Waals surface area contributed by atoms with E-state index in [0.29, 0.717) is 32.4 Å². The van der Waals surface area contributed by atoms with Gasteiger partial charge < -0.3 is 19.2 Å². The maximum atomic E-state index is 13.3. The highest BCUT2D eigenvalue weighted by molar-refractivity contribution is 8.15. The van der Waals surface area contributed by atoms with Crippen molar-refractivity contribution in [2.75, 3.05) is 56.2 Å². The Bertz CT molecular complexity index is 1230. The van der Waals surface area contributed by atoms with Crippen LogP contribution in [0, 0.1) is 0 Å². The van der Waals surface area contributed by atoms with Crippen molar-refractivity contribution in [2.24, 2.45) is 0 Å². The molecule has 0 aliphatic carbocycles. The number of amides is 1. The molecule has 1 amide bonds. The summed E-state index contributed by atoms with van der Waals surface area (Å²) in [5.41, 5.74) is 1.89. The standard InChI is InChI=1S/C14H19N3O4.C9H11Cl2FN2O2S2/c1-2-19-7-8-20-9-10-21-14(18)17-13-15-11-5-3-4-6-12(11)16-13;1-13(2)18(15,16)14(17-9(10,11)12)8-6-4-3-5-7-8/h3-6H,2,7-10H2,1H3,(H2,15,16,17,18);3-7H,1-2H3. The maximum absolute atomic E-state index is 13.3. The fraction of sp³-hybridized carbons (Fsp3) is 0.391. The number of carbonyl (C=O) groups is 1. The van der Waals surface area contributed by atoms with Crippen molar-refractivity contribution >= 4 is 74.1 Å². The van der Waals surface area contributed by atoms with E-state index >= 15 is 0 Å². The summed E-state index contributed by atoms with van der Waals surface area (Å²) in [7, 11) is -1.25. The molecule has 0 saturated heterocycles. The van der Waals surface area contributed by atoms with Gasteiger partial charge in [0.2, 0.25) is 5.95 Å². The number of nitrogens with zero attached hydrogens (tertiary/aromatic N) is 3. The second-order valence-electron chi connectivity index (χ2n) is 7.56. The first-order valence-electron chi connectivity index (χ1n) is 11.5. The van der Waals surface area contributed by atoms with E-state index in [4.69, 9.17) is 37.4 Å². The van der Waals surface area contributed by atoms with Gasteiger partial charge in [0.15, 0.2) is 0 Å². The molecule has 0 saturated carbocycles. The summed E-state index contributed by atoms with van der Waals surface area (Å²) in [6.07, 6.45) is -0.567. The number of rotatable bonds is 13. The first kappa shape index (κ1) is 32.9. The van der Waals surface area contributed by atoms with Gasteiger partial charge in [-0.2, -0.15) is 20.8 Å². The number of fused-ring (bicyclic) bond motifs is 1. The summed E-state index contributed by atoms with van der Waals surface area (Å²) in [5, 5.41) is 2.53. The zero-order valence-electron chi connectivity index (χ0n) is 21.5. The van der Waals surface area contributed by atoms with Crippen LogP contribution in [0.5, 0.6) is 0 Å². The number of benzene rings is 2. The van der Waals surface area contributed by atoms with Crippen LogP contribution in [0.3, 0.4) is 0 Å². The van der Waals surface area contributed by atoms with Crippen LogP contribution >= 0.6 is 35.1 Å². The Kier molecular flexibility index (Phi) is 13.5. The number of aromatic amines is 1. The molecule has 2 aromatic carbocycles. The third kappa shape index (κ3) is 11.7. The number of ether oxygens (including phenoxy) is 3. The van der Waals surface area contributed by atoms with Crippen molar-refractivity contribution in [3.8, 4) is 0 Å². The fourth-order valence-corrected chi connectivity index (χ4v) is 5.57. The van der Waals surface area contributed by atoms with E-state index in [1.54, 1.807) is 18.2 Å². The van der Waals surface area contributed by atoms with E-state index in [2.05, 4.69) is 15.3 Å². The van der Waals surface area contributed by atoms with Gasteiger partial charge >= 0.3 is 20.2 Å². The number of para-hydroxylation sites is 3. The summed E-state index contributed by atoms with van der Waals surface area (Å²) in [5.74, 6) is 0.360. The van der Waals surface area contributed by atoms with Gasteiger partial charge in [0.1, 0.15) is 6.61 Å². The van der Waals surface area contributed by atoms with Crippen molar-refractivity contribution in [2.45, 2.75) is 10.8 Å². The highest BCUT2D eigenvalue weighted by Gasteiger charge is 2.35. The van der Waals surface area contributed by atoms with Gasteiger partial charge in [0, 0.05) is 32.7 Å². The van der Waals surface area contributed by atoms with Crippen molar-refractivity contribution < 1.29 is 31.8 Å². The molecule has 0 atom stereocenters. The van der Waals surface area contributed by atoms with E-state index in [1.807, 2.05) is 31.2 Å². The monoisotopic (exact) mass is 625 g/mol. The molecule has 1 heterocycles. The lowest BCUT2D eigenvalue weighted by Gasteiger charge is -2.27. The average Bonchev–Trinajstić information content (AvgIpc) is 3.29. The zero-order valence-corrected chi connectivity index (χ0v) is 24.6. The van der Waals surface area contributed by atoms with E-state index in [1.165, 1.54) is 26.2 Å². The van der Waals surface area contributed by atoms with Gasteiger partial charge in [-0.25, -0.2) is 9.78 Å². The van der Waals surface area contributed by atoms with Crippen LogP contribution in [0.4, 0.5) is 20.8 Å². The summed E-state index contributed by atoms with van der Waals surface area (Å²) >= 11 is 10.6. The predicted octanol–water partition coefficient (Wildman–Crippen LogP) is 5.17. The molecule has 2 N–H and O–H groups in total. The summed E-state index contributed by atoms with van der Waals surface area (Å²) in [6, 6.07) is 15.5. The smallest absolute Gasteiger partial charge is 0.414 e. The second-order valence-corrected chi connectivity index (χ2v) is 12.6. The Labute approximate surface area is 241 Å². The summed E-state index contributed by atoms with van der Waals surface area (Å²) < 4.78 is 51.6. The molecule has 1 aromatic heterocycles. The Balaban J connectivity index is 0.000000277. The van der Waals surface area contributed by atoms with E-state index < -0.39 is 20.2 Å². The number of nitrogens with one attached hydrogen (secondary N) is 2. The number of carbonyl (C=O) groups excluding carboxylic acids is 1. The van der Waals surface area contributed by atoms with Crippen LogP contribution in [-0.2, 0) is 24.4 Å². The lowest BCUT2D eigenvalue weighted by Crippen LogP contribution is -2.37. The first-order chi connectivity index (χ1) is 18.4. The van der Waals surface area contributed by atoms with Gasteiger partial charge in [0.25, 0.3) is 0 Å². The molecule has 3 aromatic rings. The van der Waals surface area contributed by atoms with Crippen LogP contribution in [-0.4, -0.2) is 79.8 Å². The number of alkyl halides is 3. The van der Waals surface area contributed by atoms with Gasteiger partial charge in [-0.15, -0.1) is 0 Å². The molecule has 0 fully saturated rings. The number of H-pyrrole nitrogens is 1. The van der Waals surface area contributed by atoms with E-state index in [-0.39, 0.29) is 24.2 Å². The summed E-state index contributed by atoms with van der Waals surface area (Å²) in [6.45, 7) is 4.13. The highest BCUT2D eigenvalue weighted by atomic mass is 35.5. The SMILES string of the molecule is CCOCCOCCOC(=O)Nc1nc2ccccc2[nH]1.CN(C)S(=O)(=O)N(SC(F)(Cl)Cl)c1ccccc1. The minimum absolute atomic E-state index is 0.158. The molecule has 39 heavy (non-hydrogen) atoms. The largest absolute Gasteiger partial charge is 0.447 e. The number of hydrogen-bond donors (Lipinski definition) is 2. The Morgan fingerprint density at radius 2 is 1.67 bits per heavy atom. The lowest BCUT2D eigenvalue weighted by atomic mass is 10.3.